The van der Waals surface area contributed by atoms with Crippen LogP contribution in [0.25, 0.3) is 0 Å². The first kappa shape index (κ1) is 11.9. The zero-order valence-corrected chi connectivity index (χ0v) is 10.8. The second-order valence-electron chi connectivity index (χ2n) is 3.72. The maximum atomic E-state index is 5.29. The van der Waals surface area contributed by atoms with Crippen LogP contribution in [0.4, 0.5) is 5.69 Å². The predicted octanol–water partition coefficient (Wildman–Crippen LogP) is 4.12. The standard InChI is InChI=1S/C14H15NOS/c1-11-7-9-12(10-8-11)15-17-14-6-4-3-5-13(14)16-2/h3-10,15H,1-2H3. The Balaban J connectivity index is 2.04. The van der Waals surface area contributed by atoms with Gasteiger partial charge in [-0.3, -0.25) is 0 Å². The van der Waals surface area contributed by atoms with Gasteiger partial charge in [-0.25, -0.2) is 0 Å². The van der Waals surface area contributed by atoms with Crippen LogP contribution in [-0.2, 0) is 0 Å². The summed E-state index contributed by atoms with van der Waals surface area (Å²) in [6, 6.07) is 16.3. The predicted molar refractivity (Wildman–Crippen MR) is 73.7 cm³/mol. The molecule has 17 heavy (non-hydrogen) atoms. The summed E-state index contributed by atoms with van der Waals surface area (Å²) in [7, 11) is 1.69. The number of benzene rings is 2. The van der Waals surface area contributed by atoms with Crippen molar-refractivity contribution in [2.75, 3.05) is 11.8 Å². The van der Waals surface area contributed by atoms with Gasteiger partial charge in [-0.15, -0.1) is 0 Å². The number of methoxy groups -OCH3 is 1. The van der Waals surface area contributed by atoms with Gasteiger partial charge in [-0.05, 0) is 43.1 Å². The van der Waals surface area contributed by atoms with E-state index in [0.29, 0.717) is 0 Å². The van der Waals surface area contributed by atoms with E-state index in [1.807, 2.05) is 24.3 Å². The molecule has 88 valence electrons. The van der Waals surface area contributed by atoms with E-state index >= 15 is 0 Å². The number of aryl methyl sites for hydroxylation is 1. The van der Waals surface area contributed by atoms with E-state index < -0.39 is 0 Å². The third-order valence-electron chi connectivity index (χ3n) is 2.40. The number of hydrogen-bond donors (Lipinski definition) is 1. The fourth-order valence-electron chi connectivity index (χ4n) is 1.44. The molecule has 0 aromatic heterocycles. The lowest BCUT2D eigenvalue weighted by Gasteiger charge is -2.09. The Hall–Kier alpha value is -1.61. The zero-order chi connectivity index (χ0) is 12.1. The average molecular weight is 245 g/mol. The first-order valence-electron chi connectivity index (χ1n) is 5.42. The van der Waals surface area contributed by atoms with Gasteiger partial charge in [0.1, 0.15) is 5.75 Å². The van der Waals surface area contributed by atoms with Crippen molar-refractivity contribution in [3.63, 3.8) is 0 Å². The highest BCUT2D eigenvalue weighted by molar-refractivity contribution is 8.00. The topological polar surface area (TPSA) is 21.3 Å². The van der Waals surface area contributed by atoms with E-state index in [1.54, 1.807) is 19.1 Å². The summed E-state index contributed by atoms with van der Waals surface area (Å²) in [6.07, 6.45) is 0. The molecule has 2 aromatic rings. The molecule has 1 N–H and O–H groups in total. The molecule has 0 radical (unpaired) electrons. The Labute approximate surface area is 106 Å². The van der Waals surface area contributed by atoms with Crippen molar-refractivity contribution in [3.8, 4) is 5.75 Å². The molecule has 0 aliphatic rings. The van der Waals surface area contributed by atoms with E-state index in [4.69, 9.17) is 4.74 Å². The van der Waals surface area contributed by atoms with E-state index in [9.17, 15) is 0 Å². The average Bonchev–Trinajstić information content (AvgIpc) is 2.38. The van der Waals surface area contributed by atoms with Crippen molar-refractivity contribution in [1.82, 2.24) is 0 Å². The molecule has 2 rings (SSSR count). The van der Waals surface area contributed by atoms with Crippen LogP contribution in [0.2, 0.25) is 0 Å². The Morgan fingerprint density at radius 3 is 2.41 bits per heavy atom. The van der Waals surface area contributed by atoms with Gasteiger partial charge in [0.25, 0.3) is 0 Å². The second-order valence-corrected chi connectivity index (χ2v) is 4.57. The molecule has 0 aliphatic carbocycles. The maximum absolute atomic E-state index is 5.29. The number of rotatable bonds is 4. The van der Waals surface area contributed by atoms with E-state index in [0.717, 1.165) is 16.3 Å². The third-order valence-corrected chi connectivity index (χ3v) is 3.29. The van der Waals surface area contributed by atoms with Crippen LogP contribution in [0, 0.1) is 6.92 Å². The molecule has 0 atom stereocenters. The van der Waals surface area contributed by atoms with E-state index in [2.05, 4.69) is 35.9 Å². The molecule has 0 saturated heterocycles. The first-order chi connectivity index (χ1) is 8.29. The van der Waals surface area contributed by atoms with Crippen LogP contribution in [0.15, 0.2) is 53.4 Å². The van der Waals surface area contributed by atoms with Gasteiger partial charge in [0.15, 0.2) is 0 Å². The van der Waals surface area contributed by atoms with E-state index in [-0.39, 0.29) is 0 Å². The molecule has 0 amide bonds. The summed E-state index contributed by atoms with van der Waals surface area (Å²) in [5.74, 6) is 0.886. The van der Waals surface area contributed by atoms with Crippen molar-refractivity contribution >= 4 is 17.6 Å². The highest BCUT2D eigenvalue weighted by Crippen LogP contribution is 2.29. The SMILES string of the molecule is COc1ccccc1SNc1ccc(C)cc1. The summed E-state index contributed by atoms with van der Waals surface area (Å²) in [4.78, 5) is 1.08. The minimum absolute atomic E-state index is 0.886. The van der Waals surface area contributed by atoms with Gasteiger partial charge >= 0.3 is 0 Å². The van der Waals surface area contributed by atoms with Crippen LogP contribution in [-0.4, -0.2) is 7.11 Å². The smallest absolute Gasteiger partial charge is 0.134 e. The summed E-state index contributed by atoms with van der Waals surface area (Å²) in [5, 5.41) is 0. The van der Waals surface area contributed by atoms with Gasteiger partial charge < -0.3 is 9.46 Å². The Kier molecular flexibility index (Phi) is 3.94. The fraction of sp³-hybridized carbons (Fsp3) is 0.143. The van der Waals surface area contributed by atoms with E-state index in [1.165, 1.54) is 5.56 Å². The molecular formula is C14H15NOS. The van der Waals surface area contributed by atoms with Crippen molar-refractivity contribution < 1.29 is 4.74 Å². The van der Waals surface area contributed by atoms with Gasteiger partial charge in [0.05, 0.1) is 12.0 Å². The first-order valence-corrected chi connectivity index (χ1v) is 6.24. The summed E-state index contributed by atoms with van der Waals surface area (Å²) in [5.41, 5.74) is 2.35. The molecule has 0 spiro atoms. The molecule has 0 unspecified atom stereocenters. The van der Waals surface area contributed by atoms with Crippen LogP contribution < -0.4 is 9.46 Å². The molecular weight excluding hydrogens is 230 g/mol. The van der Waals surface area contributed by atoms with Gasteiger partial charge in [-0.2, -0.15) is 0 Å². The van der Waals surface area contributed by atoms with Crippen LogP contribution in [0.3, 0.4) is 0 Å². The van der Waals surface area contributed by atoms with Gasteiger partial charge in [0, 0.05) is 5.69 Å². The number of ether oxygens (including phenoxy) is 1. The van der Waals surface area contributed by atoms with Crippen LogP contribution in [0.1, 0.15) is 5.56 Å². The fourth-order valence-corrected chi connectivity index (χ4v) is 2.20. The largest absolute Gasteiger partial charge is 0.496 e. The molecule has 2 aromatic carbocycles. The summed E-state index contributed by atoms with van der Waals surface area (Å²) in [6.45, 7) is 2.08. The molecule has 0 heterocycles. The van der Waals surface area contributed by atoms with Crippen molar-refractivity contribution in [3.05, 3.63) is 54.1 Å². The number of anilines is 1. The Morgan fingerprint density at radius 2 is 1.71 bits per heavy atom. The molecule has 0 fully saturated rings. The normalized spacial score (nSPS) is 10.0. The van der Waals surface area contributed by atoms with Crippen molar-refractivity contribution in [1.29, 1.82) is 0 Å². The summed E-state index contributed by atoms with van der Waals surface area (Å²) >= 11 is 1.56. The minimum atomic E-state index is 0.886. The second kappa shape index (κ2) is 5.64. The molecule has 0 saturated carbocycles. The third kappa shape index (κ3) is 3.17. The molecule has 0 bridgehead atoms. The van der Waals surface area contributed by atoms with Crippen LogP contribution >= 0.6 is 11.9 Å². The van der Waals surface area contributed by atoms with Crippen LogP contribution in [0.5, 0.6) is 5.75 Å². The Morgan fingerprint density at radius 1 is 1.00 bits per heavy atom. The number of hydrogen-bond acceptors (Lipinski definition) is 3. The lowest BCUT2D eigenvalue weighted by Crippen LogP contribution is -1.90. The van der Waals surface area contributed by atoms with Gasteiger partial charge in [0.2, 0.25) is 0 Å². The monoisotopic (exact) mass is 245 g/mol. The molecule has 3 heteroatoms. The van der Waals surface area contributed by atoms with Crippen molar-refractivity contribution in [2.24, 2.45) is 0 Å². The summed E-state index contributed by atoms with van der Waals surface area (Å²) < 4.78 is 8.59. The Bertz CT molecular complexity index is 482. The lowest BCUT2D eigenvalue weighted by atomic mass is 10.2. The molecule has 0 aliphatic heterocycles. The zero-order valence-electron chi connectivity index (χ0n) is 9.94. The van der Waals surface area contributed by atoms with Gasteiger partial charge in [-0.1, -0.05) is 29.8 Å². The number of nitrogens with one attached hydrogen (secondary N) is 1. The van der Waals surface area contributed by atoms with Crippen molar-refractivity contribution in [2.45, 2.75) is 11.8 Å². The quantitative estimate of drug-likeness (QED) is 0.819. The maximum Gasteiger partial charge on any atom is 0.134 e. The lowest BCUT2D eigenvalue weighted by molar-refractivity contribution is 0.405. The highest BCUT2D eigenvalue weighted by Gasteiger charge is 2.01. The minimum Gasteiger partial charge on any atom is -0.496 e. The molecule has 2 nitrogen and oxygen atoms in total. The highest BCUT2D eigenvalue weighted by atomic mass is 32.2. The number of para-hydroxylation sites is 1.